The van der Waals surface area contributed by atoms with Crippen LogP contribution in [0.4, 0.5) is 5.82 Å². The zero-order valence-corrected chi connectivity index (χ0v) is 9.76. The zero-order chi connectivity index (χ0) is 11.7. The molecule has 4 nitrogen and oxygen atoms in total. The van der Waals surface area contributed by atoms with Crippen molar-refractivity contribution >= 4 is 12.1 Å². The molecule has 2 saturated heterocycles. The summed E-state index contributed by atoms with van der Waals surface area (Å²) >= 11 is 0. The molecule has 0 aliphatic carbocycles. The van der Waals surface area contributed by atoms with Crippen LogP contribution in [0.1, 0.15) is 23.2 Å². The Hall–Kier alpha value is -1.42. The molecule has 4 heteroatoms. The van der Waals surface area contributed by atoms with Gasteiger partial charge in [0.1, 0.15) is 5.82 Å². The van der Waals surface area contributed by atoms with E-state index in [0.29, 0.717) is 11.0 Å². The van der Waals surface area contributed by atoms with Crippen molar-refractivity contribution in [2.24, 2.45) is 5.41 Å². The number of aromatic nitrogens is 1. The third kappa shape index (κ3) is 1.82. The van der Waals surface area contributed by atoms with Crippen LogP contribution in [0.3, 0.4) is 0 Å². The summed E-state index contributed by atoms with van der Waals surface area (Å²) in [5.74, 6) is 0.833. The second kappa shape index (κ2) is 4.11. The van der Waals surface area contributed by atoms with Gasteiger partial charge in [-0.15, -0.1) is 0 Å². The van der Waals surface area contributed by atoms with Crippen molar-refractivity contribution < 1.29 is 9.53 Å². The van der Waals surface area contributed by atoms with Gasteiger partial charge in [0, 0.05) is 37.9 Å². The van der Waals surface area contributed by atoms with Gasteiger partial charge in [0.25, 0.3) is 0 Å². The highest BCUT2D eigenvalue weighted by atomic mass is 16.5. The monoisotopic (exact) mass is 232 g/mol. The molecule has 0 N–H and O–H groups in total. The van der Waals surface area contributed by atoms with E-state index in [2.05, 4.69) is 9.88 Å². The van der Waals surface area contributed by atoms with E-state index in [4.69, 9.17) is 4.74 Å². The van der Waals surface area contributed by atoms with E-state index < -0.39 is 0 Å². The summed E-state index contributed by atoms with van der Waals surface area (Å²) in [6.45, 7) is 3.76. The van der Waals surface area contributed by atoms with Gasteiger partial charge in [0.2, 0.25) is 0 Å². The van der Waals surface area contributed by atoms with Crippen LogP contribution >= 0.6 is 0 Å². The first-order valence-electron chi connectivity index (χ1n) is 6.06. The molecular weight excluding hydrogens is 216 g/mol. The summed E-state index contributed by atoms with van der Waals surface area (Å²) in [7, 11) is 0. The zero-order valence-electron chi connectivity index (χ0n) is 9.76. The fourth-order valence-corrected chi connectivity index (χ4v) is 2.80. The molecule has 0 unspecified atom stereocenters. The quantitative estimate of drug-likeness (QED) is 0.725. The van der Waals surface area contributed by atoms with Crippen LogP contribution in [0, 0.1) is 5.41 Å². The Kier molecular flexibility index (Phi) is 2.59. The molecule has 90 valence electrons. The molecule has 0 bridgehead atoms. The van der Waals surface area contributed by atoms with Crippen LogP contribution in [0.15, 0.2) is 18.3 Å². The fraction of sp³-hybridized carbons (Fsp3) is 0.538. The van der Waals surface area contributed by atoms with Crippen molar-refractivity contribution in [2.45, 2.75) is 12.8 Å². The lowest BCUT2D eigenvalue weighted by Gasteiger charge is -2.52. The molecule has 0 aromatic carbocycles. The summed E-state index contributed by atoms with van der Waals surface area (Å²) in [6.07, 6.45) is 4.90. The standard InChI is InChI=1S/C13H16N2O2/c16-8-11-2-1-5-14-12(11)15-9-13(10-15)3-6-17-7-4-13/h1-2,5,8H,3-4,6-7,9-10H2. The summed E-state index contributed by atoms with van der Waals surface area (Å²) < 4.78 is 5.40. The Labute approximate surface area is 101 Å². The molecule has 1 spiro atoms. The highest BCUT2D eigenvalue weighted by molar-refractivity contribution is 5.83. The highest BCUT2D eigenvalue weighted by Gasteiger charge is 2.44. The summed E-state index contributed by atoms with van der Waals surface area (Å²) in [5.41, 5.74) is 1.10. The van der Waals surface area contributed by atoms with Gasteiger partial charge in [0.05, 0.1) is 5.56 Å². The number of hydrogen-bond donors (Lipinski definition) is 0. The number of hydrogen-bond acceptors (Lipinski definition) is 4. The molecule has 2 aliphatic rings. The van der Waals surface area contributed by atoms with Crippen LogP contribution in [0.5, 0.6) is 0 Å². The van der Waals surface area contributed by atoms with Gasteiger partial charge in [-0.3, -0.25) is 4.79 Å². The average Bonchev–Trinajstić information content (AvgIpc) is 2.37. The lowest BCUT2D eigenvalue weighted by molar-refractivity contribution is -0.000494. The third-order valence-corrected chi connectivity index (χ3v) is 3.85. The van der Waals surface area contributed by atoms with E-state index in [1.54, 1.807) is 12.3 Å². The van der Waals surface area contributed by atoms with Gasteiger partial charge < -0.3 is 9.64 Å². The van der Waals surface area contributed by atoms with Crippen LogP contribution in [-0.2, 0) is 4.74 Å². The van der Waals surface area contributed by atoms with Crippen molar-refractivity contribution in [1.29, 1.82) is 0 Å². The minimum Gasteiger partial charge on any atom is -0.381 e. The van der Waals surface area contributed by atoms with Crippen molar-refractivity contribution in [3.8, 4) is 0 Å². The average molecular weight is 232 g/mol. The summed E-state index contributed by atoms with van der Waals surface area (Å²) in [5, 5.41) is 0. The van der Waals surface area contributed by atoms with E-state index in [-0.39, 0.29) is 0 Å². The normalized spacial score (nSPS) is 22.2. The fourth-order valence-electron chi connectivity index (χ4n) is 2.80. The molecule has 2 aliphatic heterocycles. The number of ether oxygens (including phenoxy) is 1. The predicted octanol–water partition coefficient (Wildman–Crippen LogP) is 1.51. The molecule has 1 aromatic rings. The number of carbonyl (C=O) groups is 1. The number of rotatable bonds is 2. The van der Waals surface area contributed by atoms with Crippen LogP contribution in [-0.4, -0.2) is 37.6 Å². The van der Waals surface area contributed by atoms with Gasteiger partial charge in [-0.1, -0.05) is 0 Å². The van der Waals surface area contributed by atoms with Crippen LogP contribution < -0.4 is 4.90 Å². The maximum absolute atomic E-state index is 11.0. The molecule has 0 amide bonds. The minimum atomic E-state index is 0.413. The molecular formula is C13H16N2O2. The topological polar surface area (TPSA) is 42.4 Å². The Morgan fingerprint density at radius 3 is 2.82 bits per heavy atom. The first-order valence-corrected chi connectivity index (χ1v) is 6.06. The second-order valence-electron chi connectivity index (χ2n) is 5.00. The number of nitrogens with zero attached hydrogens (tertiary/aromatic N) is 2. The molecule has 3 rings (SSSR count). The van der Waals surface area contributed by atoms with E-state index in [1.807, 2.05) is 6.07 Å². The molecule has 0 radical (unpaired) electrons. The van der Waals surface area contributed by atoms with E-state index in [0.717, 1.165) is 51.2 Å². The minimum absolute atomic E-state index is 0.413. The lowest BCUT2D eigenvalue weighted by Crippen LogP contribution is -2.59. The molecule has 0 atom stereocenters. The van der Waals surface area contributed by atoms with Crippen molar-refractivity contribution in [3.63, 3.8) is 0 Å². The molecule has 0 saturated carbocycles. The first kappa shape index (κ1) is 10.7. The molecule has 1 aromatic heterocycles. The molecule has 3 heterocycles. The Balaban J connectivity index is 1.74. The van der Waals surface area contributed by atoms with Gasteiger partial charge in [0.15, 0.2) is 6.29 Å². The first-order chi connectivity index (χ1) is 8.33. The lowest BCUT2D eigenvalue weighted by atomic mass is 9.73. The van der Waals surface area contributed by atoms with Gasteiger partial charge in [-0.25, -0.2) is 4.98 Å². The van der Waals surface area contributed by atoms with E-state index in [1.165, 1.54) is 0 Å². The largest absolute Gasteiger partial charge is 0.381 e. The van der Waals surface area contributed by atoms with Crippen LogP contribution in [0.25, 0.3) is 0 Å². The molecule has 17 heavy (non-hydrogen) atoms. The Morgan fingerprint density at radius 2 is 2.12 bits per heavy atom. The maximum Gasteiger partial charge on any atom is 0.153 e. The molecule has 2 fully saturated rings. The van der Waals surface area contributed by atoms with Crippen molar-refractivity contribution in [3.05, 3.63) is 23.9 Å². The Bertz CT molecular complexity index is 419. The SMILES string of the molecule is O=Cc1cccnc1N1CC2(CCOCC2)C1. The van der Waals surface area contributed by atoms with Gasteiger partial charge in [-0.2, -0.15) is 0 Å². The van der Waals surface area contributed by atoms with Crippen LogP contribution in [0.2, 0.25) is 0 Å². The number of carbonyl (C=O) groups excluding carboxylic acids is 1. The van der Waals surface area contributed by atoms with Crippen molar-refractivity contribution in [2.75, 3.05) is 31.2 Å². The maximum atomic E-state index is 11.0. The number of aldehydes is 1. The second-order valence-corrected chi connectivity index (χ2v) is 5.00. The van der Waals surface area contributed by atoms with Gasteiger partial charge >= 0.3 is 0 Å². The number of anilines is 1. The van der Waals surface area contributed by atoms with E-state index in [9.17, 15) is 4.79 Å². The van der Waals surface area contributed by atoms with Gasteiger partial charge in [-0.05, 0) is 25.0 Å². The van der Waals surface area contributed by atoms with Crippen molar-refractivity contribution in [1.82, 2.24) is 4.98 Å². The number of pyridine rings is 1. The summed E-state index contributed by atoms with van der Waals surface area (Å²) in [4.78, 5) is 17.5. The predicted molar refractivity (Wildman–Crippen MR) is 64.3 cm³/mol. The third-order valence-electron chi connectivity index (χ3n) is 3.85. The van der Waals surface area contributed by atoms with E-state index >= 15 is 0 Å². The summed E-state index contributed by atoms with van der Waals surface area (Å²) in [6, 6.07) is 3.63. The smallest absolute Gasteiger partial charge is 0.153 e. The Morgan fingerprint density at radius 1 is 1.35 bits per heavy atom. The highest BCUT2D eigenvalue weighted by Crippen LogP contribution is 2.41.